The third-order valence-corrected chi connectivity index (χ3v) is 4.13. The molecular formula is C20H18FN3O3. The van der Waals surface area contributed by atoms with E-state index in [1.807, 2.05) is 0 Å². The Labute approximate surface area is 155 Å². The van der Waals surface area contributed by atoms with Crippen LogP contribution in [-0.2, 0) is 11.8 Å². The average molecular weight is 367 g/mol. The van der Waals surface area contributed by atoms with Crippen molar-refractivity contribution in [2.24, 2.45) is 7.05 Å². The number of nitrogens with one attached hydrogen (secondary N) is 1. The van der Waals surface area contributed by atoms with Gasteiger partial charge in [0, 0.05) is 18.3 Å². The van der Waals surface area contributed by atoms with Gasteiger partial charge in [0.1, 0.15) is 5.82 Å². The van der Waals surface area contributed by atoms with Crippen LogP contribution < -0.4 is 5.32 Å². The Bertz CT molecular complexity index is 1010. The number of anilines is 1. The van der Waals surface area contributed by atoms with Gasteiger partial charge in [0.2, 0.25) is 0 Å². The smallest absolute Gasteiger partial charge is 0.337 e. The summed E-state index contributed by atoms with van der Waals surface area (Å²) in [4.78, 5) is 23.9. The molecule has 1 N–H and O–H groups in total. The van der Waals surface area contributed by atoms with Crippen molar-refractivity contribution in [2.75, 3.05) is 12.4 Å². The zero-order valence-electron chi connectivity index (χ0n) is 15.1. The van der Waals surface area contributed by atoms with Crippen LogP contribution in [-0.4, -0.2) is 28.8 Å². The molecule has 0 atom stereocenters. The van der Waals surface area contributed by atoms with Crippen LogP contribution >= 0.6 is 0 Å². The first-order valence-electron chi connectivity index (χ1n) is 8.19. The van der Waals surface area contributed by atoms with Gasteiger partial charge < -0.3 is 10.1 Å². The zero-order chi connectivity index (χ0) is 19.6. The van der Waals surface area contributed by atoms with Crippen molar-refractivity contribution in [1.82, 2.24) is 9.78 Å². The summed E-state index contributed by atoms with van der Waals surface area (Å²) in [5, 5.41) is 6.96. The number of methoxy groups -OCH3 is 1. The summed E-state index contributed by atoms with van der Waals surface area (Å²) < 4.78 is 19.7. The molecule has 0 unspecified atom stereocenters. The summed E-state index contributed by atoms with van der Waals surface area (Å²) in [6, 6.07) is 12.7. The fourth-order valence-electron chi connectivity index (χ4n) is 2.66. The van der Waals surface area contributed by atoms with Gasteiger partial charge in [-0.3, -0.25) is 9.48 Å². The normalized spacial score (nSPS) is 10.5. The van der Waals surface area contributed by atoms with E-state index in [0.717, 1.165) is 5.56 Å². The number of nitrogens with zero attached hydrogens (tertiary/aromatic N) is 2. The molecule has 0 bridgehead atoms. The van der Waals surface area contributed by atoms with Crippen molar-refractivity contribution in [1.29, 1.82) is 0 Å². The standard InChI is InChI=1S/C20H18FN3O3/c1-12-10-14(6-9-16(12)21)18-11-17(23-24(18)2)19(25)22-15-7-4-13(5-8-15)20(26)27-3/h4-11H,1-3H3,(H,22,25). The Hall–Kier alpha value is -3.48. The number of rotatable bonds is 4. The molecule has 1 heterocycles. The number of benzene rings is 2. The molecule has 0 radical (unpaired) electrons. The van der Waals surface area contributed by atoms with Crippen molar-refractivity contribution in [3.8, 4) is 11.3 Å². The summed E-state index contributed by atoms with van der Waals surface area (Å²) in [5.41, 5.74) is 3.13. The summed E-state index contributed by atoms with van der Waals surface area (Å²) >= 11 is 0. The molecule has 7 heteroatoms. The predicted molar refractivity (Wildman–Crippen MR) is 99.1 cm³/mol. The predicted octanol–water partition coefficient (Wildman–Crippen LogP) is 3.57. The minimum Gasteiger partial charge on any atom is -0.465 e. The second kappa shape index (κ2) is 7.41. The Morgan fingerprint density at radius 2 is 1.81 bits per heavy atom. The fourth-order valence-corrected chi connectivity index (χ4v) is 2.66. The van der Waals surface area contributed by atoms with E-state index < -0.39 is 5.97 Å². The van der Waals surface area contributed by atoms with Crippen molar-refractivity contribution in [3.63, 3.8) is 0 Å². The first-order chi connectivity index (χ1) is 12.9. The van der Waals surface area contributed by atoms with E-state index in [-0.39, 0.29) is 17.4 Å². The number of halogens is 1. The van der Waals surface area contributed by atoms with E-state index in [9.17, 15) is 14.0 Å². The lowest BCUT2D eigenvalue weighted by Crippen LogP contribution is -2.13. The van der Waals surface area contributed by atoms with Crippen LogP contribution in [0.5, 0.6) is 0 Å². The third kappa shape index (κ3) is 3.87. The SMILES string of the molecule is COC(=O)c1ccc(NC(=O)c2cc(-c3ccc(F)c(C)c3)n(C)n2)cc1. The van der Waals surface area contributed by atoms with Gasteiger partial charge in [-0.15, -0.1) is 0 Å². The number of ether oxygens (including phenoxy) is 1. The second-order valence-electron chi connectivity index (χ2n) is 6.03. The highest BCUT2D eigenvalue weighted by Gasteiger charge is 2.15. The molecule has 0 spiro atoms. The maximum atomic E-state index is 13.5. The molecule has 6 nitrogen and oxygen atoms in total. The molecule has 3 rings (SSSR count). The summed E-state index contributed by atoms with van der Waals surface area (Å²) in [7, 11) is 3.02. The number of hydrogen-bond donors (Lipinski definition) is 1. The van der Waals surface area contributed by atoms with Crippen LogP contribution in [0.3, 0.4) is 0 Å². The molecule has 138 valence electrons. The highest BCUT2D eigenvalue weighted by molar-refractivity contribution is 6.03. The average Bonchev–Trinajstić information content (AvgIpc) is 3.06. The molecule has 2 aromatic carbocycles. The van der Waals surface area contributed by atoms with Gasteiger partial charge in [-0.2, -0.15) is 5.10 Å². The van der Waals surface area contributed by atoms with E-state index in [2.05, 4.69) is 15.2 Å². The third-order valence-electron chi connectivity index (χ3n) is 4.13. The number of aryl methyl sites for hydroxylation is 2. The van der Waals surface area contributed by atoms with Crippen molar-refractivity contribution < 1.29 is 18.7 Å². The van der Waals surface area contributed by atoms with Gasteiger partial charge in [0.05, 0.1) is 18.4 Å². The van der Waals surface area contributed by atoms with Gasteiger partial charge in [-0.25, -0.2) is 9.18 Å². The summed E-state index contributed by atoms with van der Waals surface area (Å²) in [6.45, 7) is 1.68. The number of hydrogen-bond acceptors (Lipinski definition) is 4. The maximum Gasteiger partial charge on any atom is 0.337 e. The van der Waals surface area contributed by atoms with Crippen LogP contribution in [0, 0.1) is 12.7 Å². The molecule has 0 saturated carbocycles. The van der Waals surface area contributed by atoms with Crippen LogP contribution in [0.15, 0.2) is 48.5 Å². The van der Waals surface area contributed by atoms with Crippen molar-refractivity contribution in [2.45, 2.75) is 6.92 Å². The zero-order valence-corrected chi connectivity index (χ0v) is 15.1. The van der Waals surface area contributed by atoms with Gasteiger partial charge >= 0.3 is 5.97 Å². The molecule has 1 amide bonds. The Morgan fingerprint density at radius 3 is 2.44 bits per heavy atom. The molecule has 0 aliphatic heterocycles. The molecule has 0 fully saturated rings. The number of amides is 1. The highest BCUT2D eigenvalue weighted by atomic mass is 19.1. The fraction of sp³-hybridized carbons (Fsp3) is 0.150. The van der Waals surface area contributed by atoms with Crippen LogP contribution in [0.1, 0.15) is 26.4 Å². The van der Waals surface area contributed by atoms with E-state index >= 15 is 0 Å². The van der Waals surface area contributed by atoms with Crippen molar-refractivity contribution >= 4 is 17.6 Å². The quantitative estimate of drug-likeness (QED) is 0.716. The minimum absolute atomic E-state index is 0.228. The number of aromatic nitrogens is 2. The molecular weight excluding hydrogens is 349 g/mol. The number of carbonyl (C=O) groups is 2. The summed E-state index contributed by atoms with van der Waals surface area (Å²) in [5.74, 6) is -1.12. The molecule has 0 aliphatic rings. The molecule has 3 aromatic rings. The Morgan fingerprint density at radius 1 is 1.11 bits per heavy atom. The maximum absolute atomic E-state index is 13.5. The van der Waals surface area contributed by atoms with Gasteiger partial charge in [0.15, 0.2) is 5.69 Å². The van der Waals surface area contributed by atoms with E-state index in [1.165, 1.54) is 13.2 Å². The van der Waals surface area contributed by atoms with Crippen LogP contribution in [0.2, 0.25) is 0 Å². The second-order valence-corrected chi connectivity index (χ2v) is 6.03. The van der Waals surface area contributed by atoms with E-state index in [1.54, 1.807) is 61.1 Å². The molecule has 0 saturated heterocycles. The molecule has 1 aromatic heterocycles. The lowest BCUT2D eigenvalue weighted by molar-refractivity contribution is 0.0600. The van der Waals surface area contributed by atoms with E-state index in [0.29, 0.717) is 22.5 Å². The van der Waals surface area contributed by atoms with Crippen molar-refractivity contribution in [3.05, 3.63) is 71.2 Å². The monoisotopic (exact) mass is 367 g/mol. The van der Waals surface area contributed by atoms with Crippen LogP contribution in [0.4, 0.5) is 10.1 Å². The minimum atomic E-state index is -0.447. The Balaban J connectivity index is 1.79. The molecule has 0 aliphatic carbocycles. The summed E-state index contributed by atoms with van der Waals surface area (Å²) in [6.07, 6.45) is 0. The lowest BCUT2D eigenvalue weighted by Gasteiger charge is -2.04. The first-order valence-corrected chi connectivity index (χ1v) is 8.19. The number of carbonyl (C=O) groups excluding carboxylic acids is 2. The largest absolute Gasteiger partial charge is 0.465 e. The van der Waals surface area contributed by atoms with Gasteiger partial charge in [0.25, 0.3) is 5.91 Å². The van der Waals surface area contributed by atoms with E-state index in [4.69, 9.17) is 0 Å². The van der Waals surface area contributed by atoms with Crippen LogP contribution in [0.25, 0.3) is 11.3 Å². The van der Waals surface area contributed by atoms with Gasteiger partial charge in [-0.1, -0.05) is 0 Å². The topological polar surface area (TPSA) is 73.2 Å². The lowest BCUT2D eigenvalue weighted by atomic mass is 10.1. The Kier molecular flexibility index (Phi) is 5.03. The molecule has 27 heavy (non-hydrogen) atoms. The number of esters is 1. The highest BCUT2D eigenvalue weighted by Crippen LogP contribution is 2.23. The first kappa shape index (κ1) is 18.3. The van der Waals surface area contributed by atoms with Gasteiger partial charge in [-0.05, 0) is 61.0 Å².